The predicted octanol–water partition coefficient (Wildman–Crippen LogP) is 3.46. The molecule has 0 atom stereocenters. The number of non-ortho nitro benzene ring substituents is 1. The highest BCUT2D eigenvalue weighted by Crippen LogP contribution is 2.31. The van der Waals surface area contributed by atoms with E-state index in [0.29, 0.717) is 11.3 Å². The van der Waals surface area contributed by atoms with Crippen LogP contribution in [0.4, 0.5) is 5.69 Å². The summed E-state index contributed by atoms with van der Waals surface area (Å²) in [5.41, 5.74) is 0.121. The molecule has 0 radical (unpaired) electrons. The van der Waals surface area contributed by atoms with E-state index in [1.54, 1.807) is 12.1 Å². The van der Waals surface area contributed by atoms with Gasteiger partial charge in [0.2, 0.25) is 10.0 Å². The maximum Gasteiger partial charge on any atom is 0.314 e. The zero-order chi connectivity index (χ0) is 22.8. The first kappa shape index (κ1) is 22.9. The molecule has 1 aliphatic heterocycles. The van der Waals surface area contributed by atoms with Crippen LogP contribution < -0.4 is 4.74 Å². The Hall–Kier alpha value is -2.82. The molecule has 0 saturated carbocycles. The van der Waals surface area contributed by atoms with Crippen molar-refractivity contribution in [1.82, 2.24) is 4.31 Å². The minimum absolute atomic E-state index is 0.0460. The van der Waals surface area contributed by atoms with Gasteiger partial charge in [-0.15, -0.1) is 0 Å². The van der Waals surface area contributed by atoms with E-state index < -0.39 is 26.8 Å². The van der Waals surface area contributed by atoms with Crippen molar-refractivity contribution >= 4 is 39.1 Å². The van der Waals surface area contributed by atoms with Crippen LogP contribution in [-0.2, 0) is 14.8 Å². The Bertz CT molecular complexity index is 1120. The first-order valence-electron chi connectivity index (χ1n) is 9.36. The summed E-state index contributed by atoms with van der Waals surface area (Å²) in [5.74, 6) is -0.788. The smallest absolute Gasteiger partial charge is 0.314 e. The topological polar surface area (TPSA) is 124 Å². The van der Waals surface area contributed by atoms with Crippen LogP contribution in [0.5, 0.6) is 5.75 Å². The van der Waals surface area contributed by atoms with Gasteiger partial charge in [0, 0.05) is 30.8 Å². The Morgan fingerprint density at radius 1 is 1.13 bits per heavy atom. The third-order valence-corrected chi connectivity index (χ3v) is 7.39. The summed E-state index contributed by atoms with van der Waals surface area (Å²) in [6, 6.07) is 9.41. The highest BCUT2D eigenvalue weighted by Gasteiger charge is 2.34. The standard InChI is InChI=1S/C20H19ClN2O7S/c1-13(24)14-2-5-17(6-3-14)30-20(25)15-8-10-22(11-9-15)31(28,29)19-12-16(23(26)27)4-7-18(19)21/h2-7,12,15H,8-11H2,1H3. The van der Waals surface area contributed by atoms with Crippen molar-refractivity contribution < 1.29 is 27.7 Å². The molecule has 1 aliphatic rings. The van der Waals surface area contributed by atoms with E-state index in [1.165, 1.54) is 25.1 Å². The third-order valence-electron chi connectivity index (χ3n) is 5.01. The molecule has 9 nitrogen and oxygen atoms in total. The SMILES string of the molecule is CC(=O)c1ccc(OC(=O)C2CCN(S(=O)(=O)c3cc([N+](=O)[O-])ccc3Cl)CC2)cc1. The number of sulfonamides is 1. The number of rotatable bonds is 6. The van der Waals surface area contributed by atoms with Crippen molar-refractivity contribution in [2.45, 2.75) is 24.7 Å². The predicted molar refractivity (Wildman–Crippen MR) is 112 cm³/mol. The van der Waals surface area contributed by atoms with Crippen LogP contribution in [0.1, 0.15) is 30.1 Å². The second kappa shape index (κ2) is 9.13. The number of hydrogen-bond acceptors (Lipinski definition) is 7. The van der Waals surface area contributed by atoms with Crippen LogP contribution in [0.25, 0.3) is 0 Å². The van der Waals surface area contributed by atoms with Gasteiger partial charge in [0.25, 0.3) is 5.69 Å². The van der Waals surface area contributed by atoms with Gasteiger partial charge in [-0.3, -0.25) is 19.7 Å². The van der Waals surface area contributed by atoms with E-state index in [0.717, 1.165) is 16.4 Å². The summed E-state index contributed by atoms with van der Waals surface area (Å²) in [6.45, 7) is 1.53. The van der Waals surface area contributed by atoms with Crippen molar-refractivity contribution in [2.75, 3.05) is 13.1 Å². The Morgan fingerprint density at radius 2 is 1.74 bits per heavy atom. The molecule has 0 spiro atoms. The first-order valence-corrected chi connectivity index (χ1v) is 11.2. The lowest BCUT2D eigenvalue weighted by Crippen LogP contribution is -2.41. The molecule has 0 N–H and O–H groups in total. The molecule has 1 fully saturated rings. The van der Waals surface area contributed by atoms with E-state index in [4.69, 9.17) is 16.3 Å². The van der Waals surface area contributed by atoms with Crippen LogP contribution >= 0.6 is 11.6 Å². The van der Waals surface area contributed by atoms with Crippen molar-refractivity contribution in [3.8, 4) is 5.75 Å². The molecule has 1 saturated heterocycles. The average molecular weight is 467 g/mol. The number of carbonyl (C=O) groups is 2. The number of benzene rings is 2. The number of Topliss-reactive ketones (excluding diaryl/α,β-unsaturated/α-hetero) is 1. The Morgan fingerprint density at radius 3 is 2.29 bits per heavy atom. The second-order valence-electron chi connectivity index (χ2n) is 7.05. The van der Waals surface area contributed by atoms with E-state index in [9.17, 15) is 28.1 Å². The number of nitrogens with zero attached hydrogens (tertiary/aromatic N) is 2. The molecule has 0 aromatic heterocycles. The number of ether oxygens (including phenoxy) is 1. The van der Waals surface area contributed by atoms with Crippen molar-refractivity contribution in [3.05, 3.63) is 63.2 Å². The molecule has 0 unspecified atom stereocenters. The van der Waals surface area contributed by atoms with Crippen LogP contribution in [0.2, 0.25) is 5.02 Å². The molecule has 31 heavy (non-hydrogen) atoms. The Kier molecular flexibility index (Phi) is 6.73. The van der Waals surface area contributed by atoms with E-state index in [2.05, 4.69) is 0 Å². The molecule has 1 heterocycles. The lowest BCUT2D eigenvalue weighted by atomic mass is 9.98. The van der Waals surface area contributed by atoms with E-state index >= 15 is 0 Å². The summed E-state index contributed by atoms with van der Waals surface area (Å²) >= 11 is 5.98. The fourth-order valence-electron chi connectivity index (χ4n) is 3.23. The molecule has 2 aromatic rings. The molecule has 2 aromatic carbocycles. The number of carbonyl (C=O) groups excluding carboxylic acids is 2. The van der Waals surface area contributed by atoms with Crippen molar-refractivity contribution in [1.29, 1.82) is 0 Å². The highest BCUT2D eigenvalue weighted by atomic mass is 35.5. The number of halogens is 1. The van der Waals surface area contributed by atoms with Crippen LogP contribution in [0, 0.1) is 16.0 Å². The summed E-state index contributed by atoms with van der Waals surface area (Å²) in [7, 11) is -4.06. The quantitative estimate of drug-likeness (QED) is 0.210. The third kappa shape index (κ3) is 5.09. The largest absolute Gasteiger partial charge is 0.426 e. The van der Waals surface area contributed by atoms with Crippen LogP contribution in [-0.4, -0.2) is 42.5 Å². The van der Waals surface area contributed by atoms with Crippen LogP contribution in [0.3, 0.4) is 0 Å². The second-order valence-corrected chi connectivity index (χ2v) is 9.37. The molecule has 164 valence electrons. The van der Waals surface area contributed by atoms with E-state index in [1.807, 2.05) is 0 Å². The first-order chi connectivity index (χ1) is 14.6. The summed E-state index contributed by atoms with van der Waals surface area (Å²) in [4.78, 5) is 33.7. The molecule has 0 amide bonds. The number of hydrogen-bond donors (Lipinski definition) is 0. The summed E-state index contributed by atoms with van der Waals surface area (Å²) in [6.07, 6.45) is 0.465. The van der Waals surface area contributed by atoms with Gasteiger partial charge < -0.3 is 4.74 Å². The van der Waals surface area contributed by atoms with Gasteiger partial charge in [-0.2, -0.15) is 4.31 Å². The van der Waals surface area contributed by atoms with Crippen molar-refractivity contribution in [2.24, 2.45) is 5.92 Å². The van der Waals surface area contributed by atoms with Gasteiger partial charge in [-0.05, 0) is 50.1 Å². The van der Waals surface area contributed by atoms with Gasteiger partial charge in [0.15, 0.2) is 5.78 Å². The minimum Gasteiger partial charge on any atom is -0.426 e. The lowest BCUT2D eigenvalue weighted by molar-refractivity contribution is -0.385. The number of nitro benzene ring substituents is 1. The molecule has 11 heteroatoms. The normalized spacial score (nSPS) is 15.4. The average Bonchev–Trinajstić information content (AvgIpc) is 2.74. The van der Waals surface area contributed by atoms with Gasteiger partial charge in [0.1, 0.15) is 10.6 Å². The Balaban J connectivity index is 1.66. The number of piperidine rings is 1. The van der Waals surface area contributed by atoms with Gasteiger partial charge in [-0.1, -0.05) is 11.6 Å². The molecular weight excluding hydrogens is 448 g/mol. The van der Waals surface area contributed by atoms with Crippen LogP contribution in [0.15, 0.2) is 47.4 Å². The number of nitro groups is 1. The number of esters is 1. The fourth-order valence-corrected chi connectivity index (χ4v) is 5.20. The van der Waals surface area contributed by atoms with Crippen molar-refractivity contribution in [3.63, 3.8) is 0 Å². The number of ketones is 1. The molecular formula is C20H19ClN2O7S. The van der Waals surface area contributed by atoms with Gasteiger partial charge in [-0.25, -0.2) is 8.42 Å². The fraction of sp³-hybridized carbons (Fsp3) is 0.300. The zero-order valence-corrected chi connectivity index (χ0v) is 18.1. The zero-order valence-electron chi connectivity index (χ0n) is 16.5. The Labute approximate surface area is 183 Å². The van der Waals surface area contributed by atoms with Gasteiger partial charge >= 0.3 is 5.97 Å². The summed E-state index contributed by atoms with van der Waals surface area (Å²) < 4.78 is 32.3. The molecule has 3 rings (SSSR count). The maximum atomic E-state index is 12.9. The highest BCUT2D eigenvalue weighted by molar-refractivity contribution is 7.89. The van der Waals surface area contributed by atoms with Gasteiger partial charge in [0.05, 0.1) is 15.9 Å². The molecule has 0 aliphatic carbocycles. The lowest BCUT2D eigenvalue weighted by Gasteiger charge is -2.30. The summed E-state index contributed by atoms with van der Waals surface area (Å²) in [5, 5.41) is 10.9. The minimum atomic E-state index is -4.06. The monoisotopic (exact) mass is 466 g/mol. The maximum absolute atomic E-state index is 12.9. The van der Waals surface area contributed by atoms with E-state index in [-0.39, 0.29) is 47.3 Å². The molecule has 0 bridgehead atoms.